The number of rotatable bonds is 2. The molecule has 0 aliphatic carbocycles. The Hall–Kier alpha value is -2.32. The van der Waals surface area contributed by atoms with Crippen LogP contribution < -0.4 is 10.2 Å². The van der Waals surface area contributed by atoms with E-state index in [4.69, 9.17) is 16.3 Å². The zero-order chi connectivity index (χ0) is 18.3. The van der Waals surface area contributed by atoms with Gasteiger partial charge in [-0.2, -0.15) is 4.98 Å². The van der Waals surface area contributed by atoms with Gasteiger partial charge in [0.05, 0.1) is 12.7 Å². The van der Waals surface area contributed by atoms with Crippen LogP contribution in [0.3, 0.4) is 0 Å². The molecule has 26 heavy (non-hydrogen) atoms. The van der Waals surface area contributed by atoms with Gasteiger partial charge in [0, 0.05) is 37.7 Å². The summed E-state index contributed by atoms with van der Waals surface area (Å²) in [6.45, 7) is 0.782. The number of amides is 1. The molecule has 1 N–H and O–H groups in total. The SMILES string of the molecule is O=C1N(Cc2ccc(F)cc2F)c2cnc(Cl)nc2NC12CCOCC2. The van der Waals surface area contributed by atoms with Gasteiger partial charge in [0.2, 0.25) is 5.28 Å². The molecular formula is C17H15ClF2N4O2. The van der Waals surface area contributed by atoms with Gasteiger partial charge in [-0.25, -0.2) is 13.8 Å². The standard InChI is InChI=1S/C17H15ClF2N4O2/c18-16-21-8-13-14(22-16)23-17(3-5-26-6-4-17)15(25)24(13)9-10-1-2-11(19)7-12(10)20/h1-2,7-8H,3-6,9H2,(H,21,22,23). The van der Waals surface area contributed by atoms with Gasteiger partial charge in [-0.3, -0.25) is 4.79 Å². The first kappa shape index (κ1) is 17.1. The first-order valence-electron chi connectivity index (χ1n) is 8.13. The fourth-order valence-corrected chi connectivity index (χ4v) is 3.46. The average Bonchev–Trinajstić information content (AvgIpc) is 2.61. The minimum Gasteiger partial charge on any atom is -0.381 e. The van der Waals surface area contributed by atoms with Gasteiger partial charge in [-0.05, 0) is 17.7 Å². The summed E-state index contributed by atoms with van der Waals surface area (Å²) in [6.07, 6.45) is 2.33. The molecule has 4 rings (SSSR count). The highest BCUT2D eigenvalue weighted by atomic mass is 35.5. The fourth-order valence-electron chi connectivity index (χ4n) is 3.33. The van der Waals surface area contributed by atoms with Crippen LogP contribution >= 0.6 is 11.6 Å². The molecule has 2 aliphatic heterocycles. The van der Waals surface area contributed by atoms with Crippen molar-refractivity contribution in [3.05, 3.63) is 46.9 Å². The van der Waals surface area contributed by atoms with Gasteiger partial charge in [-0.15, -0.1) is 0 Å². The highest BCUT2D eigenvalue weighted by Crippen LogP contribution is 2.39. The van der Waals surface area contributed by atoms with Crippen LogP contribution in [0.1, 0.15) is 18.4 Å². The molecule has 1 aromatic carbocycles. The number of anilines is 2. The number of nitrogens with zero attached hydrogens (tertiary/aromatic N) is 3. The minimum atomic E-state index is -0.889. The topological polar surface area (TPSA) is 67.4 Å². The Labute approximate surface area is 153 Å². The first-order chi connectivity index (χ1) is 12.5. The van der Waals surface area contributed by atoms with Crippen LogP contribution in [0.15, 0.2) is 24.4 Å². The Morgan fingerprint density at radius 3 is 2.81 bits per heavy atom. The number of benzene rings is 1. The highest BCUT2D eigenvalue weighted by molar-refractivity contribution is 6.28. The number of hydrogen-bond acceptors (Lipinski definition) is 5. The Balaban J connectivity index is 1.77. The van der Waals surface area contributed by atoms with Crippen molar-refractivity contribution in [3.63, 3.8) is 0 Å². The second-order valence-electron chi connectivity index (χ2n) is 6.32. The van der Waals surface area contributed by atoms with E-state index in [2.05, 4.69) is 15.3 Å². The van der Waals surface area contributed by atoms with Crippen molar-refractivity contribution in [1.29, 1.82) is 0 Å². The molecule has 0 bridgehead atoms. The van der Waals surface area contributed by atoms with Crippen LogP contribution in [0.5, 0.6) is 0 Å². The Morgan fingerprint density at radius 2 is 2.08 bits per heavy atom. The molecule has 1 spiro atoms. The summed E-state index contributed by atoms with van der Waals surface area (Å²) in [5.41, 5.74) is -0.288. The van der Waals surface area contributed by atoms with Gasteiger partial charge in [0.25, 0.3) is 5.91 Å². The van der Waals surface area contributed by atoms with Gasteiger partial charge in [0.1, 0.15) is 22.9 Å². The van der Waals surface area contributed by atoms with Crippen molar-refractivity contribution in [3.8, 4) is 0 Å². The molecule has 1 amide bonds. The largest absolute Gasteiger partial charge is 0.381 e. The van der Waals surface area contributed by atoms with E-state index in [-0.39, 0.29) is 23.3 Å². The number of halogens is 3. The van der Waals surface area contributed by atoms with Gasteiger partial charge in [-0.1, -0.05) is 6.07 Å². The molecule has 2 aliphatic rings. The van der Waals surface area contributed by atoms with Crippen molar-refractivity contribution in [2.24, 2.45) is 0 Å². The van der Waals surface area contributed by atoms with Crippen molar-refractivity contribution in [2.45, 2.75) is 24.9 Å². The van der Waals surface area contributed by atoms with Crippen LogP contribution in [0.2, 0.25) is 5.28 Å². The molecule has 136 valence electrons. The molecular weight excluding hydrogens is 366 g/mol. The van der Waals surface area contributed by atoms with E-state index in [0.29, 0.717) is 37.6 Å². The van der Waals surface area contributed by atoms with Crippen LogP contribution in [0.25, 0.3) is 0 Å². The second-order valence-corrected chi connectivity index (χ2v) is 6.66. The molecule has 9 heteroatoms. The lowest BCUT2D eigenvalue weighted by molar-refractivity contribution is -0.126. The number of carbonyl (C=O) groups is 1. The van der Waals surface area contributed by atoms with Gasteiger partial charge >= 0.3 is 0 Å². The Morgan fingerprint density at radius 1 is 1.31 bits per heavy atom. The molecule has 1 aromatic heterocycles. The molecule has 1 fully saturated rings. The van der Waals surface area contributed by atoms with Gasteiger partial charge in [0.15, 0.2) is 5.82 Å². The summed E-state index contributed by atoms with van der Waals surface area (Å²) < 4.78 is 32.7. The van der Waals surface area contributed by atoms with E-state index in [1.165, 1.54) is 17.2 Å². The number of carbonyl (C=O) groups excluding carboxylic acids is 1. The first-order valence-corrected chi connectivity index (χ1v) is 8.51. The molecule has 6 nitrogen and oxygen atoms in total. The van der Waals surface area contributed by atoms with E-state index in [1.807, 2.05) is 0 Å². The van der Waals surface area contributed by atoms with Gasteiger partial charge < -0.3 is 15.0 Å². The fraction of sp³-hybridized carbons (Fsp3) is 0.353. The van der Waals surface area contributed by atoms with Crippen molar-refractivity contribution in [2.75, 3.05) is 23.4 Å². The number of ether oxygens (including phenoxy) is 1. The third kappa shape index (κ3) is 2.89. The smallest absolute Gasteiger partial charge is 0.253 e. The van der Waals surface area contributed by atoms with Crippen molar-refractivity contribution >= 4 is 29.0 Å². The number of nitrogens with one attached hydrogen (secondary N) is 1. The highest BCUT2D eigenvalue weighted by Gasteiger charge is 2.47. The monoisotopic (exact) mass is 380 g/mol. The van der Waals surface area contributed by atoms with E-state index in [9.17, 15) is 13.6 Å². The third-order valence-corrected chi connectivity index (χ3v) is 4.92. The lowest BCUT2D eigenvalue weighted by atomic mass is 9.86. The zero-order valence-corrected chi connectivity index (χ0v) is 14.4. The Kier molecular flexibility index (Phi) is 4.24. The maximum absolute atomic E-state index is 14.1. The third-order valence-electron chi connectivity index (χ3n) is 4.73. The van der Waals surface area contributed by atoms with Crippen LogP contribution in [0, 0.1) is 11.6 Å². The summed E-state index contributed by atoms with van der Waals surface area (Å²) in [7, 11) is 0. The lowest BCUT2D eigenvalue weighted by Crippen LogP contribution is -2.60. The summed E-state index contributed by atoms with van der Waals surface area (Å²) in [6, 6.07) is 3.28. The number of fused-ring (bicyclic) bond motifs is 1. The molecule has 0 atom stereocenters. The molecule has 0 radical (unpaired) electrons. The van der Waals surface area contributed by atoms with E-state index in [1.54, 1.807) is 0 Å². The summed E-state index contributed by atoms with van der Waals surface area (Å²) in [4.78, 5) is 22.8. The predicted octanol–water partition coefficient (Wildman–Crippen LogP) is 2.92. The van der Waals surface area contributed by atoms with E-state index < -0.39 is 17.2 Å². The number of hydrogen-bond donors (Lipinski definition) is 1. The molecule has 2 aromatic rings. The summed E-state index contributed by atoms with van der Waals surface area (Å²) in [5.74, 6) is -1.19. The summed E-state index contributed by atoms with van der Waals surface area (Å²) in [5, 5.41) is 3.22. The van der Waals surface area contributed by atoms with Crippen LogP contribution in [0.4, 0.5) is 20.3 Å². The zero-order valence-electron chi connectivity index (χ0n) is 13.6. The maximum Gasteiger partial charge on any atom is 0.253 e. The quantitative estimate of drug-likeness (QED) is 0.811. The maximum atomic E-state index is 14.1. The van der Waals surface area contributed by atoms with E-state index in [0.717, 1.165) is 12.1 Å². The normalized spacial score (nSPS) is 18.6. The predicted molar refractivity (Wildman–Crippen MR) is 91.0 cm³/mol. The average molecular weight is 381 g/mol. The Bertz CT molecular complexity index is 874. The van der Waals surface area contributed by atoms with Crippen LogP contribution in [-0.4, -0.2) is 34.6 Å². The molecule has 1 saturated heterocycles. The van der Waals surface area contributed by atoms with Crippen molar-refractivity contribution < 1.29 is 18.3 Å². The molecule has 0 unspecified atom stereocenters. The molecule has 0 saturated carbocycles. The van der Waals surface area contributed by atoms with Crippen molar-refractivity contribution in [1.82, 2.24) is 9.97 Å². The van der Waals surface area contributed by atoms with E-state index >= 15 is 0 Å². The summed E-state index contributed by atoms with van der Waals surface area (Å²) >= 11 is 5.90. The second kappa shape index (κ2) is 6.44. The molecule has 3 heterocycles. The number of aromatic nitrogens is 2. The van der Waals surface area contributed by atoms with Crippen LogP contribution in [-0.2, 0) is 16.1 Å². The minimum absolute atomic E-state index is 0.0423. The lowest BCUT2D eigenvalue weighted by Gasteiger charge is -2.44.